The normalized spacial score (nSPS) is 10.3. The molecule has 27 heavy (non-hydrogen) atoms. The third-order valence-corrected chi connectivity index (χ3v) is 3.82. The van der Waals surface area contributed by atoms with Crippen LogP contribution in [0.15, 0.2) is 54.7 Å². The molecule has 0 atom stereocenters. The summed E-state index contributed by atoms with van der Waals surface area (Å²) in [5, 5.41) is 6.38. The fourth-order valence-electron chi connectivity index (χ4n) is 2.78. The maximum atomic E-state index is 12.1. The van der Waals surface area contributed by atoms with E-state index in [0.717, 1.165) is 16.8 Å². The lowest BCUT2D eigenvalue weighted by Gasteiger charge is -2.12. The molecule has 0 radical (unpaired) electrons. The van der Waals surface area contributed by atoms with Gasteiger partial charge in [-0.3, -0.25) is 0 Å². The van der Waals surface area contributed by atoms with Gasteiger partial charge in [-0.05, 0) is 62.2 Å². The van der Waals surface area contributed by atoms with Gasteiger partial charge in [0.05, 0.1) is 17.9 Å². The van der Waals surface area contributed by atoms with Crippen molar-refractivity contribution < 1.29 is 9.53 Å². The van der Waals surface area contributed by atoms with Crippen LogP contribution in [-0.4, -0.2) is 22.5 Å². The summed E-state index contributed by atoms with van der Waals surface area (Å²) in [4.78, 5) is 20.9. The number of hydrogen-bond acceptors (Lipinski definition) is 6. The molecule has 0 amide bonds. The van der Waals surface area contributed by atoms with Crippen molar-refractivity contribution in [3.63, 3.8) is 0 Å². The Morgan fingerprint density at radius 2 is 1.78 bits per heavy atom. The van der Waals surface area contributed by atoms with Crippen LogP contribution in [0.2, 0.25) is 0 Å². The average molecular weight is 362 g/mol. The van der Waals surface area contributed by atoms with Gasteiger partial charge in [0.1, 0.15) is 5.82 Å². The van der Waals surface area contributed by atoms with Crippen molar-refractivity contribution in [1.29, 1.82) is 0 Å². The van der Waals surface area contributed by atoms with Crippen molar-refractivity contribution in [2.45, 2.75) is 20.8 Å². The van der Waals surface area contributed by atoms with Crippen LogP contribution in [0, 0.1) is 13.8 Å². The molecule has 6 heteroatoms. The molecule has 0 saturated heterocycles. The molecular formula is C21H22N4O2. The third kappa shape index (κ3) is 4.82. The highest BCUT2D eigenvalue weighted by Gasteiger charge is 2.12. The number of aryl methyl sites for hydroxylation is 2. The summed E-state index contributed by atoms with van der Waals surface area (Å²) < 4.78 is 5.11. The zero-order valence-electron chi connectivity index (χ0n) is 15.6. The second kappa shape index (κ2) is 8.31. The molecular weight excluding hydrogens is 340 g/mol. The highest BCUT2D eigenvalue weighted by atomic mass is 16.5. The molecule has 2 aromatic carbocycles. The number of rotatable bonds is 6. The van der Waals surface area contributed by atoms with E-state index < -0.39 is 0 Å². The molecule has 0 bridgehead atoms. The highest BCUT2D eigenvalue weighted by molar-refractivity contribution is 5.96. The molecule has 1 heterocycles. The first-order valence-corrected chi connectivity index (χ1v) is 8.76. The van der Waals surface area contributed by atoms with Crippen LogP contribution in [0.5, 0.6) is 0 Å². The minimum Gasteiger partial charge on any atom is -0.462 e. The van der Waals surface area contributed by atoms with Gasteiger partial charge >= 0.3 is 5.97 Å². The second-order valence-corrected chi connectivity index (χ2v) is 6.16. The van der Waals surface area contributed by atoms with Crippen molar-refractivity contribution >= 4 is 29.1 Å². The molecule has 0 spiro atoms. The Bertz CT molecular complexity index is 936. The zero-order chi connectivity index (χ0) is 19.2. The number of carbonyl (C=O) groups is 1. The van der Waals surface area contributed by atoms with E-state index in [0.29, 0.717) is 29.6 Å². The minimum atomic E-state index is -0.372. The Kier molecular flexibility index (Phi) is 5.66. The zero-order valence-corrected chi connectivity index (χ0v) is 15.6. The summed E-state index contributed by atoms with van der Waals surface area (Å²) in [6.45, 7) is 6.20. The number of nitrogens with zero attached hydrogens (tertiary/aromatic N) is 2. The van der Waals surface area contributed by atoms with Crippen LogP contribution in [0.1, 0.15) is 28.4 Å². The monoisotopic (exact) mass is 362 g/mol. The van der Waals surface area contributed by atoms with Gasteiger partial charge in [0, 0.05) is 11.9 Å². The van der Waals surface area contributed by atoms with Crippen molar-refractivity contribution in [2.24, 2.45) is 0 Å². The van der Waals surface area contributed by atoms with Crippen molar-refractivity contribution in [1.82, 2.24) is 9.97 Å². The Morgan fingerprint density at radius 1 is 1.04 bits per heavy atom. The maximum absolute atomic E-state index is 12.1. The summed E-state index contributed by atoms with van der Waals surface area (Å²) in [6.07, 6.45) is 1.66. The topological polar surface area (TPSA) is 76.1 Å². The first-order valence-electron chi connectivity index (χ1n) is 8.76. The highest BCUT2D eigenvalue weighted by Crippen LogP contribution is 2.22. The standard InChI is InChI=1S/C21H22N4O2/c1-4-27-20(26)17-7-5-6-8-18(17)24-19-9-10-22-21(25-19)23-16-12-14(2)11-15(3)13-16/h5-13H,4H2,1-3H3,(H2,22,23,24,25). The van der Waals surface area contributed by atoms with E-state index in [1.165, 1.54) is 0 Å². The van der Waals surface area contributed by atoms with E-state index in [-0.39, 0.29) is 5.97 Å². The van der Waals surface area contributed by atoms with E-state index in [1.54, 1.807) is 31.3 Å². The molecule has 2 N–H and O–H groups in total. The first kappa shape index (κ1) is 18.4. The molecule has 0 saturated carbocycles. The van der Waals surface area contributed by atoms with Crippen molar-refractivity contribution in [2.75, 3.05) is 17.2 Å². The van der Waals surface area contributed by atoms with Crippen LogP contribution in [0.25, 0.3) is 0 Å². The molecule has 0 fully saturated rings. The third-order valence-electron chi connectivity index (χ3n) is 3.82. The predicted molar refractivity (Wildman–Crippen MR) is 107 cm³/mol. The van der Waals surface area contributed by atoms with Gasteiger partial charge in [-0.25, -0.2) is 9.78 Å². The van der Waals surface area contributed by atoms with E-state index in [1.807, 2.05) is 38.1 Å². The first-order chi connectivity index (χ1) is 13.0. The molecule has 0 aliphatic carbocycles. The molecule has 3 aromatic rings. The van der Waals surface area contributed by atoms with E-state index >= 15 is 0 Å². The van der Waals surface area contributed by atoms with Gasteiger partial charge in [-0.2, -0.15) is 4.98 Å². The smallest absolute Gasteiger partial charge is 0.340 e. The Hall–Kier alpha value is -3.41. The number of carbonyl (C=O) groups excluding carboxylic acids is 1. The second-order valence-electron chi connectivity index (χ2n) is 6.16. The van der Waals surface area contributed by atoms with Gasteiger partial charge in [0.25, 0.3) is 0 Å². The number of esters is 1. The van der Waals surface area contributed by atoms with Crippen LogP contribution in [0.3, 0.4) is 0 Å². The molecule has 0 unspecified atom stereocenters. The van der Waals surface area contributed by atoms with Crippen LogP contribution in [0.4, 0.5) is 23.1 Å². The van der Waals surface area contributed by atoms with Crippen LogP contribution >= 0.6 is 0 Å². The van der Waals surface area contributed by atoms with Crippen molar-refractivity contribution in [3.8, 4) is 0 Å². The van der Waals surface area contributed by atoms with Crippen LogP contribution < -0.4 is 10.6 Å². The lowest BCUT2D eigenvalue weighted by atomic mass is 10.1. The fourth-order valence-corrected chi connectivity index (χ4v) is 2.78. The number of ether oxygens (including phenoxy) is 1. The van der Waals surface area contributed by atoms with Gasteiger partial charge in [0.15, 0.2) is 0 Å². The Labute approximate surface area is 158 Å². The number of aromatic nitrogens is 2. The summed E-state index contributed by atoms with van der Waals surface area (Å²) in [5.74, 6) is 0.676. The van der Waals surface area contributed by atoms with Gasteiger partial charge in [0.2, 0.25) is 5.95 Å². The van der Waals surface area contributed by atoms with Crippen LogP contribution in [-0.2, 0) is 4.74 Å². The SMILES string of the molecule is CCOC(=O)c1ccccc1Nc1ccnc(Nc2cc(C)cc(C)c2)n1. The molecule has 0 aliphatic heterocycles. The number of benzene rings is 2. The lowest BCUT2D eigenvalue weighted by Crippen LogP contribution is -2.08. The van der Waals surface area contributed by atoms with E-state index in [9.17, 15) is 4.79 Å². The van der Waals surface area contributed by atoms with Gasteiger partial charge in [-0.1, -0.05) is 18.2 Å². The molecule has 3 rings (SSSR count). The molecule has 0 aliphatic rings. The number of nitrogens with one attached hydrogen (secondary N) is 2. The van der Waals surface area contributed by atoms with Gasteiger partial charge < -0.3 is 15.4 Å². The Balaban J connectivity index is 1.82. The fraction of sp³-hybridized carbons (Fsp3) is 0.190. The quantitative estimate of drug-likeness (QED) is 0.616. The largest absolute Gasteiger partial charge is 0.462 e. The maximum Gasteiger partial charge on any atom is 0.340 e. The number of para-hydroxylation sites is 1. The van der Waals surface area contributed by atoms with Gasteiger partial charge in [-0.15, -0.1) is 0 Å². The summed E-state index contributed by atoms with van der Waals surface area (Å²) in [5.41, 5.74) is 4.34. The summed E-state index contributed by atoms with van der Waals surface area (Å²) in [6, 6.07) is 15.1. The molecule has 138 valence electrons. The predicted octanol–water partition coefficient (Wildman–Crippen LogP) is 4.76. The number of hydrogen-bond donors (Lipinski definition) is 2. The number of anilines is 4. The van der Waals surface area contributed by atoms with E-state index in [2.05, 4.69) is 26.7 Å². The minimum absolute atomic E-state index is 0.324. The summed E-state index contributed by atoms with van der Waals surface area (Å²) >= 11 is 0. The van der Waals surface area contributed by atoms with Crippen molar-refractivity contribution in [3.05, 3.63) is 71.4 Å². The Morgan fingerprint density at radius 3 is 2.52 bits per heavy atom. The summed E-state index contributed by atoms with van der Waals surface area (Å²) in [7, 11) is 0. The molecule has 1 aromatic heterocycles. The van der Waals surface area contributed by atoms with E-state index in [4.69, 9.17) is 4.74 Å². The average Bonchev–Trinajstić information content (AvgIpc) is 2.62. The molecule has 6 nitrogen and oxygen atoms in total. The lowest BCUT2D eigenvalue weighted by molar-refractivity contribution is 0.0527.